The van der Waals surface area contributed by atoms with E-state index in [0.29, 0.717) is 0 Å². The second-order valence-corrected chi connectivity index (χ2v) is 5.05. The van der Waals surface area contributed by atoms with Crippen LogP contribution < -0.4 is 4.74 Å². The number of carbonyl (C=O) groups excluding carboxylic acids is 1. The Morgan fingerprint density at radius 3 is 2.00 bits per heavy atom. The van der Waals surface area contributed by atoms with E-state index in [2.05, 4.69) is 9.47 Å². The smallest absolute Gasteiger partial charge is 0.462 e. The summed E-state index contributed by atoms with van der Waals surface area (Å²) >= 11 is 0. The molecule has 0 bridgehead atoms. The van der Waals surface area contributed by atoms with Gasteiger partial charge in [0.25, 0.3) is 0 Å². The van der Waals surface area contributed by atoms with Crippen molar-refractivity contribution in [2.24, 2.45) is 0 Å². The van der Waals surface area contributed by atoms with Crippen molar-refractivity contribution >= 4 is 5.97 Å². The van der Waals surface area contributed by atoms with Gasteiger partial charge < -0.3 is 9.47 Å². The molecule has 0 saturated heterocycles. The third-order valence-corrected chi connectivity index (χ3v) is 3.25. The van der Waals surface area contributed by atoms with Crippen LogP contribution in [0.3, 0.4) is 0 Å². The van der Waals surface area contributed by atoms with Crippen LogP contribution in [0.5, 0.6) is 5.75 Å². The second kappa shape index (κ2) is 7.27. The van der Waals surface area contributed by atoms with Crippen LogP contribution in [0.4, 0.5) is 26.3 Å². The monoisotopic (exact) mass is 378 g/mol. The minimum absolute atomic E-state index is 0.0506. The molecule has 2 aromatic carbocycles. The van der Waals surface area contributed by atoms with E-state index >= 15 is 0 Å². The summed E-state index contributed by atoms with van der Waals surface area (Å²) in [6.07, 6.45) is -9.59. The first-order valence-corrected chi connectivity index (χ1v) is 7.26. The molecule has 0 atom stereocenters. The van der Waals surface area contributed by atoms with Crippen molar-refractivity contribution in [2.75, 3.05) is 6.61 Å². The maximum Gasteiger partial charge on any atom is 0.573 e. The standard InChI is InChI=1S/C17H12F6O3/c1-2-25-15(24)13-8-5-11(9-14(13)26-17(21,22)23)10-3-6-12(7-4-10)16(18,19)20/h3-9H,2H2,1H3. The number of rotatable bonds is 4. The summed E-state index contributed by atoms with van der Waals surface area (Å²) in [5.74, 6) is -1.81. The molecule has 26 heavy (non-hydrogen) atoms. The molecule has 0 aliphatic carbocycles. The highest BCUT2D eigenvalue weighted by Gasteiger charge is 2.33. The van der Waals surface area contributed by atoms with Crippen molar-refractivity contribution in [1.29, 1.82) is 0 Å². The molecule has 0 unspecified atom stereocenters. The molecule has 0 heterocycles. The predicted molar refractivity (Wildman–Crippen MR) is 79.5 cm³/mol. The van der Waals surface area contributed by atoms with E-state index in [4.69, 9.17) is 0 Å². The Kier molecular flexibility index (Phi) is 5.48. The first-order chi connectivity index (χ1) is 12.0. The molecule has 0 radical (unpaired) electrons. The number of ether oxygens (including phenoxy) is 2. The molecular formula is C17H12F6O3. The van der Waals surface area contributed by atoms with Crippen molar-refractivity contribution in [2.45, 2.75) is 19.5 Å². The van der Waals surface area contributed by atoms with Gasteiger partial charge in [0.15, 0.2) is 0 Å². The van der Waals surface area contributed by atoms with Gasteiger partial charge in [0, 0.05) is 0 Å². The van der Waals surface area contributed by atoms with E-state index in [0.717, 1.165) is 36.4 Å². The molecule has 0 amide bonds. The average Bonchev–Trinajstić information content (AvgIpc) is 2.53. The molecule has 3 nitrogen and oxygen atoms in total. The summed E-state index contributed by atoms with van der Waals surface area (Å²) in [4.78, 5) is 11.8. The Balaban J connectivity index is 2.44. The fourth-order valence-electron chi connectivity index (χ4n) is 2.14. The summed E-state index contributed by atoms with van der Waals surface area (Å²) in [5.41, 5.74) is -0.970. The van der Waals surface area contributed by atoms with E-state index in [1.54, 1.807) is 0 Å². The molecule has 0 fully saturated rings. The van der Waals surface area contributed by atoms with Gasteiger partial charge in [0.2, 0.25) is 0 Å². The molecule has 0 aliphatic rings. The molecule has 9 heteroatoms. The van der Waals surface area contributed by atoms with Gasteiger partial charge in [-0.25, -0.2) is 4.79 Å². The minimum Gasteiger partial charge on any atom is -0.462 e. The predicted octanol–water partition coefficient (Wildman–Crippen LogP) is 5.45. The Hall–Kier alpha value is -2.71. The maximum atomic E-state index is 12.6. The highest BCUT2D eigenvalue weighted by Crippen LogP contribution is 2.34. The van der Waals surface area contributed by atoms with Gasteiger partial charge in [-0.15, -0.1) is 13.2 Å². The zero-order valence-corrected chi connectivity index (χ0v) is 13.2. The van der Waals surface area contributed by atoms with Crippen molar-refractivity contribution in [3.63, 3.8) is 0 Å². The average molecular weight is 378 g/mol. The second-order valence-electron chi connectivity index (χ2n) is 5.05. The lowest BCUT2D eigenvalue weighted by atomic mass is 10.0. The minimum atomic E-state index is -5.06. The van der Waals surface area contributed by atoms with Gasteiger partial charge in [0.05, 0.1) is 12.2 Å². The number of hydrogen-bond donors (Lipinski definition) is 0. The molecule has 2 aromatic rings. The highest BCUT2D eigenvalue weighted by molar-refractivity contribution is 5.93. The largest absolute Gasteiger partial charge is 0.573 e. The first-order valence-electron chi connectivity index (χ1n) is 7.26. The lowest BCUT2D eigenvalue weighted by molar-refractivity contribution is -0.274. The summed E-state index contributed by atoms with van der Waals surface area (Å²) in [5, 5.41) is 0. The maximum absolute atomic E-state index is 12.6. The van der Waals surface area contributed by atoms with Crippen molar-refractivity contribution < 1.29 is 40.6 Å². The van der Waals surface area contributed by atoms with E-state index in [-0.39, 0.29) is 17.7 Å². The Morgan fingerprint density at radius 1 is 0.923 bits per heavy atom. The molecule has 0 N–H and O–H groups in total. The Morgan fingerprint density at radius 2 is 1.50 bits per heavy atom. The van der Waals surface area contributed by atoms with Gasteiger partial charge in [-0.1, -0.05) is 18.2 Å². The zero-order chi connectivity index (χ0) is 19.5. The molecule has 140 valence electrons. The third kappa shape index (κ3) is 4.90. The number of alkyl halides is 6. The summed E-state index contributed by atoms with van der Waals surface area (Å²) in [6, 6.07) is 7.10. The van der Waals surface area contributed by atoms with Crippen LogP contribution in [0.1, 0.15) is 22.8 Å². The zero-order valence-electron chi connectivity index (χ0n) is 13.2. The highest BCUT2D eigenvalue weighted by atomic mass is 19.4. The summed E-state index contributed by atoms with van der Waals surface area (Å²) in [6.45, 7) is 1.43. The first kappa shape index (κ1) is 19.6. The molecule has 0 aromatic heterocycles. The lowest BCUT2D eigenvalue weighted by Crippen LogP contribution is -2.19. The Labute approximate surface area is 144 Å². The van der Waals surface area contributed by atoms with Crippen LogP contribution in [-0.2, 0) is 10.9 Å². The normalized spacial score (nSPS) is 12.0. The summed E-state index contributed by atoms with van der Waals surface area (Å²) in [7, 11) is 0. The molecule has 0 spiro atoms. The van der Waals surface area contributed by atoms with Crippen molar-refractivity contribution in [3.05, 3.63) is 53.6 Å². The van der Waals surface area contributed by atoms with Crippen LogP contribution in [0.25, 0.3) is 11.1 Å². The van der Waals surface area contributed by atoms with E-state index in [1.165, 1.54) is 13.0 Å². The van der Waals surface area contributed by atoms with Crippen LogP contribution in [0.2, 0.25) is 0 Å². The molecule has 0 aliphatic heterocycles. The van der Waals surface area contributed by atoms with Crippen LogP contribution >= 0.6 is 0 Å². The van der Waals surface area contributed by atoms with Gasteiger partial charge >= 0.3 is 18.5 Å². The summed E-state index contributed by atoms with van der Waals surface area (Å²) < 4.78 is 84.1. The quantitative estimate of drug-likeness (QED) is 0.524. The molecule has 2 rings (SSSR count). The van der Waals surface area contributed by atoms with Crippen LogP contribution in [0, 0.1) is 0 Å². The topological polar surface area (TPSA) is 35.5 Å². The van der Waals surface area contributed by atoms with Crippen molar-refractivity contribution in [3.8, 4) is 16.9 Å². The molecule has 0 saturated carbocycles. The number of benzene rings is 2. The molecular weight excluding hydrogens is 366 g/mol. The third-order valence-electron chi connectivity index (χ3n) is 3.25. The number of carbonyl (C=O) groups is 1. The van der Waals surface area contributed by atoms with Gasteiger partial charge in [-0.2, -0.15) is 13.2 Å². The fraction of sp³-hybridized carbons (Fsp3) is 0.235. The van der Waals surface area contributed by atoms with Crippen LogP contribution in [-0.4, -0.2) is 18.9 Å². The van der Waals surface area contributed by atoms with Crippen LogP contribution in [0.15, 0.2) is 42.5 Å². The van der Waals surface area contributed by atoms with Gasteiger partial charge in [-0.05, 0) is 42.3 Å². The van der Waals surface area contributed by atoms with Crippen molar-refractivity contribution in [1.82, 2.24) is 0 Å². The number of halogens is 6. The fourth-order valence-corrected chi connectivity index (χ4v) is 2.14. The Bertz CT molecular complexity index is 779. The van der Waals surface area contributed by atoms with E-state index < -0.39 is 35.4 Å². The van der Waals surface area contributed by atoms with Gasteiger partial charge in [-0.3, -0.25) is 0 Å². The van der Waals surface area contributed by atoms with E-state index in [1.807, 2.05) is 0 Å². The number of hydrogen-bond acceptors (Lipinski definition) is 3. The van der Waals surface area contributed by atoms with E-state index in [9.17, 15) is 31.1 Å². The number of esters is 1. The van der Waals surface area contributed by atoms with Gasteiger partial charge in [0.1, 0.15) is 11.3 Å². The lowest BCUT2D eigenvalue weighted by Gasteiger charge is -2.14. The SMILES string of the molecule is CCOC(=O)c1ccc(-c2ccc(C(F)(F)F)cc2)cc1OC(F)(F)F.